The molecule has 1 fully saturated rings. The summed E-state index contributed by atoms with van der Waals surface area (Å²) in [5, 5.41) is 14.3. The van der Waals surface area contributed by atoms with E-state index in [2.05, 4.69) is 10.6 Å². The number of hydrogen-bond acceptors (Lipinski definition) is 3. The van der Waals surface area contributed by atoms with Crippen LogP contribution in [0.5, 0.6) is 0 Å². The van der Waals surface area contributed by atoms with E-state index in [4.69, 9.17) is 16.7 Å². The number of aliphatic carboxylic acids is 1. The van der Waals surface area contributed by atoms with Crippen molar-refractivity contribution in [1.82, 2.24) is 10.6 Å². The van der Waals surface area contributed by atoms with Gasteiger partial charge in [-0.3, -0.25) is 9.59 Å². The molecule has 0 radical (unpaired) electrons. The minimum absolute atomic E-state index is 0.00455. The first-order valence-corrected chi connectivity index (χ1v) is 6.91. The van der Waals surface area contributed by atoms with E-state index in [1.54, 1.807) is 18.2 Å². The highest BCUT2D eigenvalue weighted by Gasteiger charge is 2.37. The monoisotopic (exact) mass is 310 g/mol. The predicted octanol–water partition coefficient (Wildman–Crippen LogP) is 1.05. The van der Waals surface area contributed by atoms with Crippen LogP contribution in [0.4, 0.5) is 0 Å². The van der Waals surface area contributed by atoms with Crippen LogP contribution in [0.3, 0.4) is 0 Å². The Kier molecular flexibility index (Phi) is 4.80. The molecule has 0 aromatic heterocycles. The maximum absolute atomic E-state index is 11.8. The molecule has 1 aromatic rings. The molecule has 1 aliphatic carbocycles. The van der Waals surface area contributed by atoms with Crippen molar-refractivity contribution in [3.63, 3.8) is 0 Å². The zero-order chi connectivity index (χ0) is 15.4. The van der Waals surface area contributed by atoms with Crippen LogP contribution < -0.4 is 10.6 Å². The largest absolute Gasteiger partial charge is 0.480 e. The van der Waals surface area contributed by atoms with E-state index >= 15 is 0 Å². The van der Waals surface area contributed by atoms with E-state index in [-0.39, 0.29) is 12.5 Å². The average Bonchev–Trinajstić information content (AvgIpc) is 3.26. The van der Waals surface area contributed by atoms with Gasteiger partial charge in [0.25, 0.3) is 5.91 Å². The van der Waals surface area contributed by atoms with Gasteiger partial charge < -0.3 is 15.7 Å². The second-order valence-corrected chi connectivity index (χ2v) is 5.35. The number of carboxylic acids is 1. The molecular formula is C14H15ClN2O4. The van der Waals surface area contributed by atoms with Crippen molar-refractivity contribution >= 4 is 29.4 Å². The lowest BCUT2D eigenvalue weighted by Crippen LogP contribution is -2.46. The Bertz CT molecular complexity index is 572. The first kappa shape index (κ1) is 15.3. The molecule has 112 valence electrons. The summed E-state index contributed by atoms with van der Waals surface area (Å²) in [5.74, 6) is -2.02. The van der Waals surface area contributed by atoms with Crippen molar-refractivity contribution < 1.29 is 19.5 Å². The highest BCUT2D eigenvalue weighted by molar-refractivity contribution is 6.30. The minimum Gasteiger partial charge on any atom is -0.480 e. The Morgan fingerprint density at radius 2 is 2.05 bits per heavy atom. The van der Waals surface area contributed by atoms with Crippen LogP contribution in [0.25, 0.3) is 0 Å². The molecule has 2 amide bonds. The molecule has 1 aromatic carbocycles. The van der Waals surface area contributed by atoms with Crippen LogP contribution in [-0.4, -0.2) is 35.5 Å². The Hall–Kier alpha value is -2.08. The van der Waals surface area contributed by atoms with E-state index in [0.717, 1.165) is 12.8 Å². The molecule has 1 aliphatic rings. The molecular weight excluding hydrogens is 296 g/mol. The van der Waals surface area contributed by atoms with Crippen LogP contribution in [0.15, 0.2) is 24.3 Å². The molecule has 1 atom stereocenters. The van der Waals surface area contributed by atoms with E-state index < -0.39 is 23.8 Å². The summed E-state index contributed by atoms with van der Waals surface area (Å²) in [6.07, 6.45) is 1.60. The highest BCUT2D eigenvalue weighted by Crippen LogP contribution is 2.32. The number of halogens is 1. The third-order valence-electron chi connectivity index (χ3n) is 3.17. The Morgan fingerprint density at radius 1 is 1.33 bits per heavy atom. The molecule has 2 rings (SSSR count). The molecule has 6 nitrogen and oxygen atoms in total. The number of nitrogens with one attached hydrogen (secondary N) is 2. The number of amides is 2. The van der Waals surface area contributed by atoms with Crippen molar-refractivity contribution in [1.29, 1.82) is 0 Å². The van der Waals surface area contributed by atoms with Crippen LogP contribution in [0, 0.1) is 5.92 Å². The highest BCUT2D eigenvalue weighted by atomic mass is 35.5. The van der Waals surface area contributed by atoms with Gasteiger partial charge >= 0.3 is 5.97 Å². The molecule has 1 saturated carbocycles. The van der Waals surface area contributed by atoms with Crippen LogP contribution in [-0.2, 0) is 9.59 Å². The molecule has 7 heteroatoms. The molecule has 1 unspecified atom stereocenters. The summed E-state index contributed by atoms with van der Waals surface area (Å²) >= 11 is 5.77. The van der Waals surface area contributed by atoms with Crippen molar-refractivity contribution in [3.05, 3.63) is 34.9 Å². The molecule has 0 spiro atoms. The molecule has 0 aliphatic heterocycles. The lowest BCUT2D eigenvalue weighted by Gasteiger charge is -2.13. The number of carbonyl (C=O) groups is 3. The summed E-state index contributed by atoms with van der Waals surface area (Å²) in [7, 11) is 0. The van der Waals surface area contributed by atoms with E-state index in [1.807, 2.05) is 0 Å². The SMILES string of the molecule is O=C(CNC(=O)c1cccc(Cl)c1)NC(C(=O)O)C1CC1. The van der Waals surface area contributed by atoms with E-state index in [1.165, 1.54) is 6.07 Å². The normalized spacial score (nSPS) is 15.1. The van der Waals surface area contributed by atoms with Gasteiger partial charge in [0.15, 0.2) is 0 Å². The quantitative estimate of drug-likeness (QED) is 0.732. The smallest absolute Gasteiger partial charge is 0.326 e. The zero-order valence-electron chi connectivity index (χ0n) is 11.1. The summed E-state index contributed by atoms with van der Waals surface area (Å²) in [5.41, 5.74) is 0.340. The average molecular weight is 311 g/mol. The number of benzene rings is 1. The molecule has 0 heterocycles. The zero-order valence-corrected chi connectivity index (χ0v) is 11.9. The fraction of sp³-hybridized carbons (Fsp3) is 0.357. The van der Waals surface area contributed by atoms with E-state index in [9.17, 15) is 14.4 Å². The molecule has 0 saturated heterocycles. The standard InChI is InChI=1S/C14H15ClN2O4/c15-10-3-1-2-9(6-10)13(19)16-7-11(18)17-12(14(20)21)8-4-5-8/h1-3,6,8,12H,4-5,7H2,(H,16,19)(H,17,18)(H,20,21). The maximum Gasteiger partial charge on any atom is 0.326 e. The summed E-state index contributed by atoms with van der Waals surface area (Å²) in [4.78, 5) is 34.5. The lowest BCUT2D eigenvalue weighted by atomic mass is 10.2. The van der Waals surface area contributed by atoms with Crippen molar-refractivity contribution in [3.8, 4) is 0 Å². The van der Waals surface area contributed by atoms with Gasteiger partial charge in [-0.1, -0.05) is 17.7 Å². The van der Waals surface area contributed by atoms with Gasteiger partial charge in [0.2, 0.25) is 5.91 Å². The van der Waals surface area contributed by atoms with Gasteiger partial charge in [-0.2, -0.15) is 0 Å². The molecule has 0 bridgehead atoms. The minimum atomic E-state index is -1.05. The van der Waals surface area contributed by atoms with Crippen LogP contribution in [0.2, 0.25) is 5.02 Å². The van der Waals surface area contributed by atoms with E-state index in [0.29, 0.717) is 10.6 Å². The van der Waals surface area contributed by atoms with Crippen LogP contribution in [0.1, 0.15) is 23.2 Å². The number of carboxylic acid groups (broad SMARTS) is 1. The summed E-state index contributed by atoms with van der Waals surface area (Å²) in [6.45, 7) is -0.276. The van der Waals surface area contributed by atoms with Crippen molar-refractivity contribution in [2.24, 2.45) is 5.92 Å². The van der Waals surface area contributed by atoms with Gasteiger partial charge in [-0.25, -0.2) is 4.79 Å². The Labute approximate surface area is 126 Å². The second kappa shape index (κ2) is 6.58. The number of rotatable bonds is 6. The maximum atomic E-state index is 11.8. The van der Waals surface area contributed by atoms with Crippen LogP contribution >= 0.6 is 11.6 Å². The first-order valence-electron chi connectivity index (χ1n) is 6.53. The third kappa shape index (κ3) is 4.46. The second-order valence-electron chi connectivity index (χ2n) is 4.91. The number of carbonyl (C=O) groups excluding carboxylic acids is 2. The van der Waals surface area contributed by atoms with Gasteiger partial charge in [0.1, 0.15) is 6.04 Å². The van der Waals surface area contributed by atoms with Gasteiger partial charge in [-0.05, 0) is 37.0 Å². The topological polar surface area (TPSA) is 95.5 Å². The molecule has 3 N–H and O–H groups in total. The van der Waals surface area contributed by atoms with Crippen molar-refractivity contribution in [2.75, 3.05) is 6.54 Å². The van der Waals surface area contributed by atoms with Gasteiger partial charge in [0.05, 0.1) is 6.54 Å². The van der Waals surface area contributed by atoms with Gasteiger partial charge in [-0.15, -0.1) is 0 Å². The summed E-state index contributed by atoms with van der Waals surface area (Å²) < 4.78 is 0. The third-order valence-corrected chi connectivity index (χ3v) is 3.41. The van der Waals surface area contributed by atoms with Gasteiger partial charge in [0, 0.05) is 10.6 Å². The summed E-state index contributed by atoms with van der Waals surface area (Å²) in [6, 6.07) is 5.45. The Balaban J connectivity index is 1.83. The van der Waals surface area contributed by atoms with Crippen molar-refractivity contribution in [2.45, 2.75) is 18.9 Å². The molecule has 21 heavy (non-hydrogen) atoms. The fourth-order valence-corrected chi connectivity index (χ4v) is 2.12. The predicted molar refractivity (Wildman–Crippen MR) is 76.1 cm³/mol. The Morgan fingerprint density at radius 3 is 2.62 bits per heavy atom. The fourth-order valence-electron chi connectivity index (χ4n) is 1.93. The first-order chi connectivity index (χ1) is 9.97. The lowest BCUT2D eigenvalue weighted by molar-refractivity contribution is -0.142. The number of hydrogen-bond donors (Lipinski definition) is 3.